The van der Waals surface area contributed by atoms with E-state index in [1.165, 1.54) is 16.0 Å². The van der Waals surface area contributed by atoms with E-state index in [9.17, 15) is 4.79 Å². The molecule has 1 fully saturated rings. The minimum atomic E-state index is -0.796. The molecule has 124 valence electrons. The van der Waals surface area contributed by atoms with Crippen molar-refractivity contribution < 1.29 is 9.90 Å². The van der Waals surface area contributed by atoms with Gasteiger partial charge in [-0.3, -0.25) is 9.97 Å². The molecule has 5 nitrogen and oxygen atoms in total. The molecule has 4 rings (SSSR count). The van der Waals surface area contributed by atoms with E-state index in [-0.39, 0.29) is 0 Å². The monoisotopic (exact) mass is 387 g/mol. The van der Waals surface area contributed by atoms with Gasteiger partial charge >= 0.3 is 6.09 Å². The molecule has 3 heterocycles. The standard InChI is InChI=1S/C13H14N2O2.C5H4BrN/c16-13(17)15-7-11-4-10(5-12(11)8-15)9-2-1-3-14-6-9;6-5-2-1-3-7-4-5/h1-4,6,11-12H,5,7-8H2,(H,16,17);1-4H/t11-,12+;/m1./s1. The van der Waals surface area contributed by atoms with Gasteiger partial charge in [-0.05, 0) is 63.5 Å². The zero-order valence-corrected chi connectivity index (χ0v) is 14.6. The van der Waals surface area contributed by atoms with E-state index >= 15 is 0 Å². The Hall–Kier alpha value is -2.21. The first-order chi connectivity index (χ1) is 11.6. The number of halogens is 1. The number of hydrogen-bond donors (Lipinski definition) is 1. The number of aromatic nitrogens is 2. The van der Waals surface area contributed by atoms with Gasteiger partial charge in [-0.25, -0.2) is 4.79 Å². The summed E-state index contributed by atoms with van der Waals surface area (Å²) in [5.41, 5.74) is 2.49. The predicted octanol–water partition coefficient (Wildman–Crippen LogP) is 3.94. The molecule has 2 atom stereocenters. The third kappa shape index (κ3) is 4.00. The number of allylic oxidation sites excluding steroid dienone is 1. The van der Waals surface area contributed by atoms with Gasteiger partial charge in [-0.15, -0.1) is 0 Å². The summed E-state index contributed by atoms with van der Waals surface area (Å²) in [6.45, 7) is 1.31. The summed E-state index contributed by atoms with van der Waals surface area (Å²) in [6, 6.07) is 7.82. The van der Waals surface area contributed by atoms with E-state index in [2.05, 4.69) is 38.0 Å². The molecule has 2 aliphatic rings. The van der Waals surface area contributed by atoms with Crippen molar-refractivity contribution in [2.24, 2.45) is 11.8 Å². The zero-order chi connectivity index (χ0) is 16.9. The summed E-state index contributed by atoms with van der Waals surface area (Å²) in [5.74, 6) is 0.850. The molecule has 6 heteroatoms. The Labute approximate surface area is 149 Å². The molecular weight excluding hydrogens is 370 g/mol. The van der Waals surface area contributed by atoms with Gasteiger partial charge in [0.1, 0.15) is 0 Å². The largest absolute Gasteiger partial charge is 0.465 e. The fraction of sp³-hybridized carbons (Fsp3) is 0.278. The first kappa shape index (κ1) is 16.6. The average molecular weight is 388 g/mol. The Morgan fingerprint density at radius 1 is 1.17 bits per heavy atom. The topological polar surface area (TPSA) is 66.3 Å². The number of amides is 1. The van der Waals surface area contributed by atoms with Crippen LogP contribution in [0.5, 0.6) is 0 Å². The first-order valence-corrected chi connectivity index (χ1v) is 8.57. The van der Waals surface area contributed by atoms with Crippen molar-refractivity contribution in [1.82, 2.24) is 14.9 Å². The molecule has 1 amide bonds. The first-order valence-electron chi connectivity index (χ1n) is 7.78. The van der Waals surface area contributed by atoms with Crippen LogP contribution in [-0.2, 0) is 0 Å². The van der Waals surface area contributed by atoms with Crippen LogP contribution in [0, 0.1) is 11.8 Å². The summed E-state index contributed by atoms with van der Waals surface area (Å²) < 4.78 is 1.02. The van der Waals surface area contributed by atoms with Crippen molar-refractivity contribution in [2.45, 2.75) is 6.42 Å². The molecule has 0 spiro atoms. The molecule has 1 N–H and O–H groups in total. The Morgan fingerprint density at radius 2 is 1.92 bits per heavy atom. The summed E-state index contributed by atoms with van der Waals surface area (Å²) in [7, 11) is 0. The SMILES string of the molecule is Brc1cccnc1.O=C(O)N1C[C@@H]2CC(c3cccnc3)=C[C@@H]2C1. The van der Waals surface area contributed by atoms with Gasteiger partial charge in [-0.2, -0.15) is 0 Å². The summed E-state index contributed by atoms with van der Waals surface area (Å²) in [6.07, 6.45) is 9.54. The highest BCUT2D eigenvalue weighted by atomic mass is 79.9. The second kappa shape index (κ2) is 7.57. The smallest absolute Gasteiger partial charge is 0.407 e. The van der Waals surface area contributed by atoms with Crippen LogP contribution in [0.3, 0.4) is 0 Å². The molecular formula is C18H18BrN3O2. The molecule has 24 heavy (non-hydrogen) atoms. The van der Waals surface area contributed by atoms with Gasteiger partial charge in [0.15, 0.2) is 0 Å². The summed E-state index contributed by atoms with van der Waals surface area (Å²) in [5, 5.41) is 8.95. The van der Waals surface area contributed by atoms with Gasteiger partial charge < -0.3 is 10.0 Å². The van der Waals surface area contributed by atoms with Crippen LogP contribution in [0.2, 0.25) is 0 Å². The number of fused-ring (bicyclic) bond motifs is 1. The normalized spacial score (nSPS) is 21.5. The second-order valence-electron chi connectivity index (χ2n) is 5.92. The van der Waals surface area contributed by atoms with Crippen molar-refractivity contribution in [3.05, 3.63) is 65.2 Å². The quantitative estimate of drug-likeness (QED) is 0.804. The van der Waals surface area contributed by atoms with Gasteiger partial charge in [-0.1, -0.05) is 12.1 Å². The second-order valence-corrected chi connectivity index (χ2v) is 6.84. The number of carboxylic acid groups (broad SMARTS) is 1. The van der Waals surface area contributed by atoms with Crippen LogP contribution in [0.1, 0.15) is 12.0 Å². The van der Waals surface area contributed by atoms with E-state index in [1.807, 2.05) is 24.4 Å². The summed E-state index contributed by atoms with van der Waals surface area (Å²) >= 11 is 3.25. The van der Waals surface area contributed by atoms with Gasteiger partial charge in [0.05, 0.1) is 0 Å². The maximum atomic E-state index is 10.9. The van der Waals surface area contributed by atoms with E-state index in [1.54, 1.807) is 18.6 Å². The highest BCUT2D eigenvalue weighted by molar-refractivity contribution is 9.10. The average Bonchev–Trinajstić information content (AvgIpc) is 3.16. The number of pyridine rings is 2. The highest BCUT2D eigenvalue weighted by Crippen LogP contribution is 2.40. The molecule has 0 saturated carbocycles. The lowest BCUT2D eigenvalue weighted by molar-refractivity contribution is 0.153. The molecule has 1 aliphatic carbocycles. The molecule has 0 aromatic carbocycles. The Bertz CT molecular complexity index is 722. The number of hydrogen-bond acceptors (Lipinski definition) is 3. The molecule has 2 aromatic rings. The van der Waals surface area contributed by atoms with Gasteiger partial charge in [0, 0.05) is 42.3 Å². The molecule has 0 unspecified atom stereocenters. The maximum Gasteiger partial charge on any atom is 0.407 e. The molecule has 1 saturated heterocycles. The third-order valence-corrected chi connectivity index (χ3v) is 4.79. The minimum Gasteiger partial charge on any atom is -0.465 e. The summed E-state index contributed by atoms with van der Waals surface area (Å²) in [4.78, 5) is 20.4. The van der Waals surface area contributed by atoms with Crippen molar-refractivity contribution in [3.8, 4) is 0 Å². The number of rotatable bonds is 1. The van der Waals surface area contributed by atoms with Crippen molar-refractivity contribution >= 4 is 27.6 Å². The maximum absolute atomic E-state index is 10.9. The van der Waals surface area contributed by atoms with E-state index in [0.717, 1.165) is 10.9 Å². The number of likely N-dealkylation sites (tertiary alicyclic amines) is 1. The van der Waals surface area contributed by atoms with Gasteiger partial charge in [0.2, 0.25) is 0 Å². The Kier molecular flexibility index (Phi) is 5.25. The highest BCUT2D eigenvalue weighted by Gasteiger charge is 2.38. The van der Waals surface area contributed by atoms with Crippen LogP contribution < -0.4 is 0 Å². The number of nitrogens with zero attached hydrogens (tertiary/aromatic N) is 3. The zero-order valence-electron chi connectivity index (χ0n) is 13.0. The van der Waals surface area contributed by atoms with Crippen LogP contribution in [-0.4, -0.2) is 39.2 Å². The molecule has 1 aliphatic heterocycles. The number of carbonyl (C=O) groups is 1. The third-order valence-electron chi connectivity index (χ3n) is 4.32. The van der Waals surface area contributed by atoms with Crippen molar-refractivity contribution in [2.75, 3.05) is 13.1 Å². The van der Waals surface area contributed by atoms with Gasteiger partial charge in [0.25, 0.3) is 0 Å². The molecule has 0 bridgehead atoms. The van der Waals surface area contributed by atoms with Crippen molar-refractivity contribution in [1.29, 1.82) is 0 Å². The van der Waals surface area contributed by atoms with E-state index in [0.29, 0.717) is 24.9 Å². The lowest BCUT2D eigenvalue weighted by Gasteiger charge is -2.12. The fourth-order valence-corrected chi connectivity index (χ4v) is 3.45. The van der Waals surface area contributed by atoms with Crippen LogP contribution in [0.15, 0.2) is 59.6 Å². The van der Waals surface area contributed by atoms with E-state index < -0.39 is 6.09 Å². The van der Waals surface area contributed by atoms with E-state index in [4.69, 9.17) is 5.11 Å². The Morgan fingerprint density at radius 3 is 2.42 bits per heavy atom. The predicted molar refractivity (Wildman–Crippen MR) is 95.3 cm³/mol. The van der Waals surface area contributed by atoms with Crippen LogP contribution >= 0.6 is 15.9 Å². The molecule has 0 radical (unpaired) electrons. The van der Waals surface area contributed by atoms with Crippen LogP contribution in [0.25, 0.3) is 5.57 Å². The molecule has 2 aromatic heterocycles. The van der Waals surface area contributed by atoms with Crippen LogP contribution in [0.4, 0.5) is 4.79 Å². The van der Waals surface area contributed by atoms with Crippen molar-refractivity contribution in [3.63, 3.8) is 0 Å². The minimum absolute atomic E-state index is 0.390. The Balaban J connectivity index is 0.000000203. The fourth-order valence-electron chi connectivity index (χ4n) is 3.18. The lowest BCUT2D eigenvalue weighted by Crippen LogP contribution is -2.27. The lowest BCUT2D eigenvalue weighted by atomic mass is 9.99.